The van der Waals surface area contributed by atoms with E-state index < -0.39 is 0 Å². The van der Waals surface area contributed by atoms with Crippen molar-refractivity contribution in [2.45, 2.75) is 37.2 Å². The van der Waals surface area contributed by atoms with E-state index in [0.717, 1.165) is 11.1 Å². The van der Waals surface area contributed by atoms with Gasteiger partial charge in [0.1, 0.15) is 0 Å². The van der Waals surface area contributed by atoms with Gasteiger partial charge in [-0.15, -0.1) is 0 Å². The van der Waals surface area contributed by atoms with Crippen molar-refractivity contribution >= 4 is 11.8 Å². The van der Waals surface area contributed by atoms with Crippen LogP contribution in [0.25, 0.3) is 0 Å². The van der Waals surface area contributed by atoms with E-state index in [-0.39, 0.29) is 6.61 Å². The largest absolute Gasteiger partial charge is 0.392 e. The Hall–Kier alpha value is -1.25. The average Bonchev–Trinajstić information content (AvgIpc) is 2.34. The van der Waals surface area contributed by atoms with Crippen molar-refractivity contribution in [1.82, 2.24) is 0 Å². The lowest BCUT2D eigenvalue weighted by Crippen LogP contribution is -1.89. The highest BCUT2D eigenvalue weighted by Crippen LogP contribution is 2.32. The Balaban J connectivity index is 2.28. The van der Waals surface area contributed by atoms with Crippen molar-refractivity contribution < 1.29 is 5.11 Å². The molecule has 1 N–H and O–H groups in total. The summed E-state index contributed by atoms with van der Waals surface area (Å²) < 4.78 is 0. The van der Waals surface area contributed by atoms with Gasteiger partial charge in [-0.1, -0.05) is 30.0 Å². The van der Waals surface area contributed by atoms with E-state index in [4.69, 9.17) is 0 Å². The molecular formula is C16H18OS. The molecule has 0 spiro atoms. The minimum Gasteiger partial charge on any atom is -0.392 e. The SMILES string of the molecule is Cc1ccc(C)c(Sc2ccc(CO)c(C)c2)c1. The lowest BCUT2D eigenvalue weighted by molar-refractivity contribution is 0.281. The Morgan fingerprint density at radius 1 is 0.944 bits per heavy atom. The van der Waals surface area contributed by atoms with E-state index >= 15 is 0 Å². The monoisotopic (exact) mass is 258 g/mol. The standard InChI is InChI=1S/C16H18OS/c1-11-4-5-12(2)16(8-11)18-15-7-6-14(10-17)13(3)9-15/h4-9,17H,10H2,1-3H3. The van der Waals surface area contributed by atoms with E-state index in [1.165, 1.54) is 20.9 Å². The maximum absolute atomic E-state index is 9.17. The molecule has 0 bridgehead atoms. The fourth-order valence-electron chi connectivity index (χ4n) is 1.85. The Morgan fingerprint density at radius 3 is 2.39 bits per heavy atom. The quantitative estimate of drug-likeness (QED) is 0.888. The third-order valence-electron chi connectivity index (χ3n) is 3.06. The summed E-state index contributed by atoms with van der Waals surface area (Å²) in [6.07, 6.45) is 0. The third kappa shape index (κ3) is 2.95. The summed E-state index contributed by atoms with van der Waals surface area (Å²) in [6.45, 7) is 6.40. The molecule has 0 aliphatic carbocycles. The van der Waals surface area contributed by atoms with Gasteiger partial charge in [-0.25, -0.2) is 0 Å². The second-order valence-electron chi connectivity index (χ2n) is 4.62. The summed E-state index contributed by atoms with van der Waals surface area (Å²) in [5.74, 6) is 0. The zero-order valence-electron chi connectivity index (χ0n) is 11.0. The molecule has 0 aliphatic rings. The second kappa shape index (κ2) is 5.59. The molecule has 0 heterocycles. The lowest BCUT2D eigenvalue weighted by atomic mass is 10.1. The van der Waals surface area contributed by atoms with Crippen molar-refractivity contribution in [1.29, 1.82) is 0 Å². The lowest BCUT2D eigenvalue weighted by Gasteiger charge is -2.09. The van der Waals surface area contributed by atoms with Gasteiger partial charge in [0.2, 0.25) is 0 Å². The van der Waals surface area contributed by atoms with Gasteiger partial charge in [0.05, 0.1) is 6.61 Å². The van der Waals surface area contributed by atoms with Crippen LogP contribution in [0.2, 0.25) is 0 Å². The predicted octanol–water partition coefficient (Wildman–Crippen LogP) is 4.26. The van der Waals surface area contributed by atoms with Crippen molar-refractivity contribution in [2.75, 3.05) is 0 Å². The highest BCUT2D eigenvalue weighted by atomic mass is 32.2. The van der Waals surface area contributed by atoms with Crippen LogP contribution in [-0.2, 0) is 6.61 Å². The molecule has 0 aromatic heterocycles. The van der Waals surface area contributed by atoms with Gasteiger partial charge >= 0.3 is 0 Å². The maximum Gasteiger partial charge on any atom is 0.0684 e. The minimum atomic E-state index is 0.111. The van der Waals surface area contributed by atoms with Crippen LogP contribution in [0, 0.1) is 20.8 Å². The summed E-state index contributed by atoms with van der Waals surface area (Å²) in [5, 5.41) is 9.17. The van der Waals surface area contributed by atoms with Crippen molar-refractivity contribution in [2.24, 2.45) is 0 Å². The summed E-state index contributed by atoms with van der Waals surface area (Å²) in [6, 6.07) is 12.7. The molecule has 0 amide bonds. The van der Waals surface area contributed by atoms with Crippen LogP contribution in [0.15, 0.2) is 46.2 Å². The number of hydrogen-bond acceptors (Lipinski definition) is 2. The third-order valence-corrected chi connectivity index (χ3v) is 4.21. The number of rotatable bonds is 3. The number of aliphatic hydroxyl groups is 1. The van der Waals surface area contributed by atoms with Gasteiger partial charge in [0.15, 0.2) is 0 Å². The fraction of sp³-hybridized carbons (Fsp3) is 0.250. The van der Waals surface area contributed by atoms with Crippen LogP contribution >= 0.6 is 11.8 Å². The molecular weight excluding hydrogens is 240 g/mol. The second-order valence-corrected chi connectivity index (χ2v) is 5.73. The summed E-state index contributed by atoms with van der Waals surface area (Å²) >= 11 is 1.78. The van der Waals surface area contributed by atoms with Crippen LogP contribution in [0.3, 0.4) is 0 Å². The average molecular weight is 258 g/mol. The van der Waals surface area contributed by atoms with Crippen molar-refractivity contribution in [3.05, 3.63) is 58.7 Å². The molecule has 94 valence electrons. The summed E-state index contributed by atoms with van der Waals surface area (Å²) in [5.41, 5.74) is 4.73. The predicted molar refractivity (Wildman–Crippen MR) is 77.1 cm³/mol. The smallest absolute Gasteiger partial charge is 0.0684 e. The molecule has 0 aliphatic heterocycles. The van der Waals surface area contributed by atoms with E-state index in [1.807, 2.05) is 13.0 Å². The molecule has 18 heavy (non-hydrogen) atoms. The first kappa shape index (κ1) is 13.2. The molecule has 2 aromatic carbocycles. The van der Waals surface area contributed by atoms with Gasteiger partial charge in [-0.2, -0.15) is 0 Å². The Bertz CT molecular complexity index is 561. The van der Waals surface area contributed by atoms with Crippen LogP contribution in [0.5, 0.6) is 0 Å². The van der Waals surface area contributed by atoms with Gasteiger partial charge in [-0.05, 0) is 61.2 Å². The first-order chi connectivity index (χ1) is 8.60. The zero-order valence-corrected chi connectivity index (χ0v) is 11.8. The topological polar surface area (TPSA) is 20.2 Å². The molecule has 0 atom stereocenters. The number of hydrogen-bond donors (Lipinski definition) is 1. The summed E-state index contributed by atoms with van der Waals surface area (Å²) in [4.78, 5) is 2.52. The van der Waals surface area contributed by atoms with E-state index in [0.29, 0.717) is 0 Å². The van der Waals surface area contributed by atoms with Crippen molar-refractivity contribution in [3.63, 3.8) is 0 Å². The zero-order chi connectivity index (χ0) is 13.1. The molecule has 1 nitrogen and oxygen atoms in total. The first-order valence-electron chi connectivity index (χ1n) is 6.05. The molecule has 0 unspecified atom stereocenters. The van der Waals surface area contributed by atoms with E-state index in [9.17, 15) is 5.11 Å². The molecule has 2 rings (SSSR count). The van der Waals surface area contributed by atoms with Crippen LogP contribution in [0.1, 0.15) is 22.3 Å². The van der Waals surface area contributed by atoms with Gasteiger partial charge < -0.3 is 5.11 Å². The molecule has 2 heteroatoms. The number of benzene rings is 2. The van der Waals surface area contributed by atoms with Gasteiger partial charge in [0, 0.05) is 9.79 Å². The van der Waals surface area contributed by atoms with E-state index in [1.54, 1.807) is 11.8 Å². The minimum absolute atomic E-state index is 0.111. The van der Waals surface area contributed by atoms with Crippen molar-refractivity contribution in [3.8, 4) is 0 Å². The van der Waals surface area contributed by atoms with Crippen LogP contribution < -0.4 is 0 Å². The van der Waals surface area contributed by atoms with Crippen LogP contribution in [0.4, 0.5) is 0 Å². The normalized spacial score (nSPS) is 10.7. The molecule has 0 fully saturated rings. The van der Waals surface area contributed by atoms with Crippen LogP contribution in [-0.4, -0.2) is 5.11 Å². The highest BCUT2D eigenvalue weighted by Gasteiger charge is 2.04. The first-order valence-corrected chi connectivity index (χ1v) is 6.87. The Morgan fingerprint density at radius 2 is 1.72 bits per heavy atom. The summed E-state index contributed by atoms with van der Waals surface area (Å²) in [7, 11) is 0. The van der Waals surface area contributed by atoms with E-state index in [2.05, 4.69) is 44.2 Å². The maximum atomic E-state index is 9.17. The fourth-order valence-corrected chi connectivity index (χ4v) is 2.95. The molecule has 0 saturated heterocycles. The molecule has 2 aromatic rings. The molecule has 0 saturated carbocycles. The number of aryl methyl sites for hydroxylation is 3. The Labute approximate surface area is 113 Å². The van der Waals surface area contributed by atoms with Gasteiger partial charge in [-0.3, -0.25) is 0 Å². The molecule has 0 radical (unpaired) electrons. The Kier molecular flexibility index (Phi) is 4.10. The van der Waals surface area contributed by atoms with Gasteiger partial charge in [0.25, 0.3) is 0 Å². The highest BCUT2D eigenvalue weighted by molar-refractivity contribution is 7.99. The number of aliphatic hydroxyl groups excluding tert-OH is 1.